The Hall–Kier alpha value is -10.3. The molecular weight excluding hydrogens is 1910 g/mol. The zero-order chi connectivity index (χ0) is 104. The highest BCUT2D eigenvalue weighted by molar-refractivity contribution is 6.61. The van der Waals surface area contributed by atoms with Crippen molar-refractivity contribution in [2.24, 2.45) is 17.2 Å². The number of carbonyl (C=O) groups is 5. The minimum absolute atomic E-state index is 0. The van der Waals surface area contributed by atoms with Crippen molar-refractivity contribution in [3.63, 3.8) is 0 Å². The predicted molar refractivity (Wildman–Crippen MR) is 597 cm³/mol. The van der Waals surface area contributed by atoms with Gasteiger partial charge in [0.15, 0.2) is 0 Å². The zero-order valence-corrected chi connectivity index (χ0v) is 86.3. The SMILES string of the molecule is C.C.C.C.C.CC(=O)OC(=O)Oc1ccc([N+](=O)[O-])cc1.CC(=O)OCNCc1cccc(O)c1.CCCCNCCCCCNCCO.CCCCNCCCCCNCCOc1cccc(CN)c1.CCCCNCCCCCNCCOc1cccc(CN)c1.CCCCNCCCCCNCCOc1cccc(CNCOC(C)=O)c1.CCO.Cl.NCc1cccc(O)c1.O=C(Cl)Oc1ccc([N+](=O)[O-])cc1. The van der Waals surface area contributed by atoms with Crippen LogP contribution in [-0.2, 0) is 61.3 Å². The third kappa shape index (κ3) is 101. The van der Waals surface area contributed by atoms with Crippen LogP contribution in [0.4, 0.5) is 21.0 Å². The maximum atomic E-state index is 10.8. The van der Waals surface area contributed by atoms with Gasteiger partial charge in [0.1, 0.15) is 73.5 Å². The molecule has 0 saturated carbocycles. The number of unbranched alkanes of at least 4 members (excludes halogenated alkanes) is 12. The number of nitrogens with one attached hydrogen (secondary N) is 10. The van der Waals surface area contributed by atoms with Crippen molar-refractivity contribution >= 4 is 64.9 Å². The van der Waals surface area contributed by atoms with Crippen LogP contribution in [0.5, 0.6) is 40.2 Å². The number of aromatic hydroxyl groups is 2. The van der Waals surface area contributed by atoms with E-state index in [-0.39, 0.29) is 123 Å². The average Bonchev–Trinajstić information content (AvgIpc) is 0.906. The Labute approximate surface area is 885 Å². The average molecular weight is 2100 g/mol. The smallest absolute Gasteiger partial charge is 0.508 e. The number of nitro benzene ring substituents is 2. The molecule has 7 rings (SSSR count). The molecule has 0 saturated heterocycles. The number of rotatable bonds is 65. The van der Waals surface area contributed by atoms with Gasteiger partial charge in [0.05, 0.1) is 16.5 Å². The summed E-state index contributed by atoms with van der Waals surface area (Å²) in [6.45, 7) is 37.0. The van der Waals surface area contributed by atoms with Gasteiger partial charge in [0, 0.05) is 122 Å². The molecule has 38 heteroatoms. The van der Waals surface area contributed by atoms with Crippen LogP contribution in [-0.4, -0.2) is 211 Å². The number of hydrogen-bond acceptors (Lipinski definition) is 34. The van der Waals surface area contributed by atoms with Gasteiger partial charge < -0.3 is 118 Å². The molecular formula is C108H189Cl2N15O21. The van der Waals surface area contributed by atoms with Crippen LogP contribution < -0.4 is 94.1 Å². The van der Waals surface area contributed by atoms with Crippen LogP contribution in [0.1, 0.15) is 249 Å². The number of benzene rings is 7. The van der Waals surface area contributed by atoms with Crippen LogP contribution >= 0.6 is 24.0 Å². The number of carbonyl (C=O) groups excluding carboxylic acids is 5. The molecule has 0 radical (unpaired) electrons. The standard InChI is InChI=1S/C21H37N3O3.2C18H33N3O.C11H26N2O.C10H13NO3.C9H7NO6.C7H4ClNO4.C7H9NO.C2H6O.5CH4.ClH/c1-3-4-11-22-12-6-5-7-13-23-14-15-26-21-10-8-9-20(16-21)17-24-18-27-19(2)25;2*1-2-3-10-20-11-5-4-6-12-21-13-14-22-18-9-7-8-17(15-18)16-19;1-2-3-7-12-8-5-4-6-9-13-10-11-14;1-8(12)14-7-11-6-9-3-2-4-10(13)5-9;1-6(11)15-9(12)16-8-4-2-7(3-5-8)10(13)14;8-7(10)13-6-3-1-5(2-4-6)9(11)12;8-5-6-2-1-3-7(9)4-6;1-2-3;;;;;;/h8-10,16,22-24H,3-7,11-15,17-18H2,1-2H3;2*7-9,15,20-21H,2-6,10-14,16,19H2,1H3;12-14H,2-11H2,1H3;2-5,11,13H,6-7H2,1H3;2-5H,1H3;1-4H;1-4,9H,5,8H2;3H,2H2,1H3;5*1H4;1H. The minimum Gasteiger partial charge on any atom is -0.508 e. The first-order chi connectivity index (χ1) is 67.9. The Bertz CT molecular complexity index is 4080. The van der Waals surface area contributed by atoms with Crippen molar-refractivity contribution in [3.8, 4) is 40.2 Å². The highest BCUT2D eigenvalue weighted by Gasteiger charge is 2.12. The highest BCUT2D eigenvalue weighted by Crippen LogP contribution is 2.21. The Morgan fingerprint density at radius 2 is 0.596 bits per heavy atom. The number of phenolic OH excluding ortho intramolecular Hbond substituents is 2. The number of nitrogens with zero attached hydrogens (tertiary/aromatic N) is 2. The first kappa shape index (κ1) is 151. The topological polar surface area (TPSA) is 525 Å². The number of non-ortho nitro benzene ring substituents is 2. The molecule has 7 aromatic carbocycles. The summed E-state index contributed by atoms with van der Waals surface area (Å²) in [5, 5.41) is 87.9. The number of hydrogen-bond donors (Lipinski definition) is 17. The van der Waals surface area contributed by atoms with Crippen molar-refractivity contribution in [1.82, 2.24) is 53.2 Å². The fourth-order valence-electron chi connectivity index (χ4n) is 11.6. The Balaban J connectivity index is -0.000000250. The molecule has 836 valence electrons. The summed E-state index contributed by atoms with van der Waals surface area (Å²) in [7, 11) is 0. The predicted octanol–water partition coefficient (Wildman–Crippen LogP) is 18.7. The third-order valence-corrected chi connectivity index (χ3v) is 19.0. The Morgan fingerprint density at radius 1 is 0.336 bits per heavy atom. The lowest BCUT2D eigenvalue weighted by Crippen LogP contribution is -2.22. The number of aliphatic hydroxyl groups excluding tert-OH is 2. The van der Waals surface area contributed by atoms with E-state index in [4.69, 9.17) is 68.2 Å². The van der Waals surface area contributed by atoms with Gasteiger partial charge in [-0.15, -0.1) is 12.4 Å². The van der Waals surface area contributed by atoms with E-state index in [9.17, 15) is 44.2 Å². The number of nitrogens with two attached hydrogens (primary N) is 3. The van der Waals surface area contributed by atoms with Crippen LogP contribution in [0.2, 0.25) is 0 Å². The largest absolute Gasteiger partial charge is 0.521 e. The second kappa shape index (κ2) is 112. The fourth-order valence-corrected chi connectivity index (χ4v) is 11.7. The first-order valence-electron chi connectivity index (χ1n) is 49.0. The van der Waals surface area contributed by atoms with Crippen molar-refractivity contribution in [3.05, 3.63) is 218 Å². The molecule has 0 fully saturated rings. The number of halogens is 2. The molecule has 0 heterocycles. The van der Waals surface area contributed by atoms with E-state index in [1.807, 2.05) is 84.9 Å². The molecule has 0 aromatic heterocycles. The number of esters is 3. The number of phenols is 2. The van der Waals surface area contributed by atoms with Crippen LogP contribution in [0, 0.1) is 20.2 Å². The third-order valence-electron chi connectivity index (χ3n) is 18.9. The van der Waals surface area contributed by atoms with E-state index in [1.165, 1.54) is 185 Å². The van der Waals surface area contributed by atoms with Gasteiger partial charge in [-0.3, -0.25) is 45.2 Å². The quantitative estimate of drug-likeness (QED) is 0.00194. The molecule has 0 aliphatic rings. The number of ether oxygens (including phenoxy) is 8. The lowest BCUT2D eigenvalue weighted by molar-refractivity contribution is -0.385. The molecule has 0 unspecified atom stereocenters. The fraction of sp³-hybridized carbons (Fsp3) is 0.565. The van der Waals surface area contributed by atoms with Crippen LogP contribution in [0.15, 0.2) is 170 Å². The molecule has 0 aliphatic carbocycles. The summed E-state index contributed by atoms with van der Waals surface area (Å²) in [4.78, 5) is 72.0. The number of aliphatic hydroxyl groups is 2. The summed E-state index contributed by atoms with van der Waals surface area (Å²) >= 11 is 4.92. The van der Waals surface area contributed by atoms with E-state index in [1.54, 1.807) is 43.3 Å². The molecule has 0 bridgehead atoms. The summed E-state index contributed by atoms with van der Waals surface area (Å²) in [5.74, 6) is 2.01. The van der Waals surface area contributed by atoms with Crippen molar-refractivity contribution in [1.29, 1.82) is 0 Å². The molecule has 0 amide bonds. The van der Waals surface area contributed by atoms with Gasteiger partial charge in [-0.1, -0.05) is 177 Å². The first-order valence-corrected chi connectivity index (χ1v) is 49.4. The van der Waals surface area contributed by atoms with E-state index < -0.39 is 27.4 Å². The molecule has 7 aromatic rings. The van der Waals surface area contributed by atoms with Gasteiger partial charge in [-0.2, -0.15) is 0 Å². The lowest BCUT2D eigenvalue weighted by Gasteiger charge is -2.10. The summed E-state index contributed by atoms with van der Waals surface area (Å²) < 4.78 is 39.8. The summed E-state index contributed by atoms with van der Waals surface area (Å²) in [5.41, 5.74) is 20.6. The van der Waals surface area contributed by atoms with E-state index in [2.05, 4.69) is 99.8 Å². The Morgan fingerprint density at radius 3 is 0.863 bits per heavy atom. The second-order valence-corrected chi connectivity index (χ2v) is 31.6. The van der Waals surface area contributed by atoms with Gasteiger partial charge in [0.2, 0.25) is 0 Å². The molecule has 36 nitrogen and oxygen atoms in total. The summed E-state index contributed by atoms with van der Waals surface area (Å²) in [6, 6.07) is 47.5. The van der Waals surface area contributed by atoms with Gasteiger partial charge >= 0.3 is 29.5 Å². The molecule has 146 heavy (non-hydrogen) atoms. The van der Waals surface area contributed by atoms with Gasteiger partial charge in [-0.25, -0.2) is 9.59 Å². The molecule has 0 atom stereocenters. The maximum Gasteiger partial charge on any atom is 0.521 e. The van der Waals surface area contributed by atoms with E-state index >= 15 is 0 Å². The monoisotopic (exact) mass is 2100 g/mol. The van der Waals surface area contributed by atoms with Crippen LogP contribution in [0.3, 0.4) is 0 Å². The van der Waals surface area contributed by atoms with Gasteiger partial charge in [-0.05, 0) is 275 Å². The normalized spacial score (nSPS) is 9.77. The van der Waals surface area contributed by atoms with Crippen LogP contribution in [0.25, 0.3) is 0 Å². The van der Waals surface area contributed by atoms with E-state index in [0.717, 1.165) is 162 Å². The Kier molecular flexibility index (Phi) is 116. The van der Waals surface area contributed by atoms with Crippen molar-refractivity contribution in [2.75, 3.05) is 151 Å². The van der Waals surface area contributed by atoms with Crippen molar-refractivity contribution in [2.45, 2.75) is 254 Å². The molecule has 0 spiro atoms. The minimum atomic E-state index is -1.18. The second-order valence-electron chi connectivity index (χ2n) is 31.3. The summed E-state index contributed by atoms with van der Waals surface area (Å²) in [6.07, 6.45) is 24.1. The molecule has 20 N–H and O–H groups in total. The lowest BCUT2D eigenvalue weighted by atomic mass is 10.2. The highest BCUT2D eigenvalue weighted by atomic mass is 35.5. The van der Waals surface area contributed by atoms with Crippen molar-refractivity contribution < 1.29 is 92.1 Å². The number of nitro groups is 2. The zero-order valence-electron chi connectivity index (χ0n) is 84.7. The maximum absolute atomic E-state index is 10.8. The molecule has 0 aliphatic heterocycles. The van der Waals surface area contributed by atoms with E-state index in [0.29, 0.717) is 52.5 Å². The van der Waals surface area contributed by atoms with Gasteiger partial charge in [0.25, 0.3) is 11.4 Å².